The highest BCUT2D eigenvalue weighted by molar-refractivity contribution is 7.10. The van der Waals surface area contributed by atoms with Crippen molar-refractivity contribution in [3.8, 4) is 6.07 Å². The molecule has 0 aromatic carbocycles. The van der Waals surface area contributed by atoms with E-state index in [1.165, 1.54) is 11.3 Å². The van der Waals surface area contributed by atoms with Gasteiger partial charge >= 0.3 is 0 Å². The van der Waals surface area contributed by atoms with Crippen molar-refractivity contribution in [1.29, 1.82) is 5.26 Å². The molecule has 5 nitrogen and oxygen atoms in total. The topological polar surface area (TPSA) is 82.7 Å². The van der Waals surface area contributed by atoms with E-state index in [2.05, 4.69) is 0 Å². The molecular weight excluding hydrogens is 242 g/mol. The molecule has 1 saturated heterocycles. The van der Waals surface area contributed by atoms with Crippen molar-refractivity contribution in [1.82, 2.24) is 0 Å². The van der Waals surface area contributed by atoms with Gasteiger partial charge in [0, 0.05) is 0 Å². The van der Waals surface area contributed by atoms with Gasteiger partial charge in [-0.2, -0.15) is 5.26 Å². The van der Waals surface area contributed by atoms with Crippen molar-refractivity contribution in [3.05, 3.63) is 21.9 Å². The first-order chi connectivity index (χ1) is 8.22. The summed E-state index contributed by atoms with van der Waals surface area (Å²) >= 11 is 1.41. The highest BCUT2D eigenvalue weighted by Gasteiger charge is 2.24. The summed E-state index contributed by atoms with van der Waals surface area (Å²) in [7, 11) is 0. The molecule has 0 amide bonds. The molecule has 17 heavy (non-hydrogen) atoms. The minimum Gasteiger partial charge on any atom is -0.389 e. The molecule has 2 atom stereocenters. The second-order valence-electron chi connectivity index (χ2n) is 3.73. The summed E-state index contributed by atoms with van der Waals surface area (Å²) in [6.45, 7) is 1.13. The molecule has 6 heteroatoms. The lowest BCUT2D eigenvalue weighted by Gasteiger charge is -2.13. The van der Waals surface area contributed by atoms with Crippen LogP contribution >= 0.6 is 11.3 Å². The number of nitrogens with zero attached hydrogens (tertiary/aromatic N) is 1. The maximum absolute atomic E-state index is 9.80. The summed E-state index contributed by atoms with van der Waals surface area (Å²) < 4.78 is 10.7. The molecular formula is C11H13NO4S. The number of ether oxygens (including phenoxy) is 2. The Morgan fingerprint density at radius 3 is 2.82 bits per heavy atom. The third-order valence-electron chi connectivity index (χ3n) is 2.50. The summed E-state index contributed by atoms with van der Waals surface area (Å²) in [5, 5.41) is 29.5. The van der Waals surface area contributed by atoms with Gasteiger partial charge in [-0.05, 0) is 17.0 Å². The average Bonchev–Trinajstić information content (AvgIpc) is 2.98. The van der Waals surface area contributed by atoms with E-state index in [4.69, 9.17) is 14.7 Å². The zero-order valence-corrected chi connectivity index (χ0v) is 9.89. The molecule has 0 saturated carbocycles. The normalized spacial score (nSPS) is 20.1. The van der Waals surface area contributed by atoms with Gasteiger partial charge in [0.15, 0.2) is 6.29 Å². The van der Waals surface area contributed by atoms with Gasteiger partial charge in [0.1, 0.15) is 6.10 Å². The predicted molar refractivity (Wildman–Crippen MR) is 60.2 cm³/mol. The SMILES string of the molecule is N#CCC(O)C(O)c1csc(C2OCCO2)c1. The van der Waals surface area contributed by atoms with Gasteiger partial charge in [-0.25, -0.2) is 0 Å². The minimum atomic E-state index is -1.06. The van der Waals surface area contributed by atoms with E-state index in [-0.39, 0.29) is 12.7 Å². The summed E-state index contributed by atoms with van der Waals surface area (Å²) in [4.78, 5) is 0.862. The molecule has 2 heterocycles. The summed E-state index contributed by atoms with van der Waals surface area (Å²) in [6, 6.07) is 3.57. The second-order valence-corrected chi connectivity index (χ2v) is 4.67. The molecule has 0 bridgehead atoms. The maximum Gasteiger partial charge on any atom is 0.193 e. The summed E-state index contributed by atoms with van der Waals surface area (Å²) in [5.41, 5.74) is 0.590. The molecule has 2 unspecified atom stereocenters. The van der Waals surface area contributed by atoms with E-state index in [0.717, 1.165) is 4.88 Å². The zero-order chi connectivity index (χ0) is 12.3. The monoisotopic (exact) mass is 255 g/mol. The number of aliphatic hydroxyl groups excluding tert-OH is 2. The van der Waals surface area contributed by atoms with Crippen molar-refractivity contribution < 1.29 is 19.7 Å². The Kier molecular flexibility index (Phi) is 4.10. The number of aliphatic hydroxyl groups is 2. The average molecular weight is 255 g/mol. The van der Waals surface area contributed by atoms with Crippen molar-refractivity contribution in [2.75, 3.05) is 13.2 Å². The van der Waals surface area contributed by atoms with Crippen LogP contribution in [0.15, 0.2) is 11.4 Å². The van der Waals surface area contributed by atoms with Gasteiger partial charge in [0.05, 0.1) is 36.7 Å². The molecule has 0 aliphatic carbocycles. The number of hydrogen-bond donors (Lipinski definition) is 2. The Labute approximate surface area is 103 Å². The quantitative estimate of drug-likeness (QED) is 0.842. The zero-order valence-electron chi connectivity index (χ0n) is 9.07. The summed E-state index contributed by atoms with van der Waals surface area (Å²) in [6.07, 6.45) is -2.56. The standard InChI is InChI=1S/C11H13NO4S/c12-2-1-8(13)10(14)7-5-9(17-6-7)11-15-3-4-16-11/h5-6,8,10-11,13-14H,1,3-4H2. The highest BCUT2D eigenvalue weighted by Crippen LogP contribution is 2.32. The van der Waals surface area contributed by atoms with E-state index in [1.54, 1.807) is 11.4 Å². The van der Waals surface area contributed by atoms with Gasteiger partial charge in [-0.1, -0.05) is 0 Å². The summed E-state index contributed by atoms with van der Waals surface area (Å²) in [5.74, 6) is 0. The van der Waals surface area contributed by atoms with E-state index < -0.39 is 12.2 Å². The van der Waals surface area contributed by atoms with Crippen LogP contribution in [0.5, 0.6) is 0 Å². The first kappa shape index (κ1) is 12.5. The van der Waals surface area contributed by atoms with Crippen LogP contribution in [0, 0.1) is 11.3 Å². The molecule has 1 aliphatic heterocycles. The number of hydrogen-bond acceptors (Lipinski definition) is 6. The third-order valence-corrected chi connectivity index (χ3v) is 3.47. The lowest BCUT2D eigenvalue weighted by molar-refractivity contribution is -0.0415. The Bertz CT molecular complexity index is 408. The first-order valence-corrected chi connectivity index (χ1v) is 6.15. The largest absolute Gasteiger partial charge is 0.389 e. The van der Waals surface area contributed by atoms with Crippen molar-refractivity contribution in [2.24, 2.45) is 0 Å². The molecule has 1 aliphatic rings. The third kappa shape index (κ3) is 2.83. The van der Waals surface area contributed by atoms with Crippen LogP contribution < -0.4 is 0 Å². The Hall–Kier alpha value is -0.970. The van der Waals surface area contributed by atoms with Gasteiger partial charge in [0.2, 0.25) is 0 Å². The molecule has 2 rings (SSSR count). The fraction of sp³-hybridized carbons (Fsp3) is 0.545. The van der Waals surface area contributed by atoms with E-state index >= 15 is 0 Å². The maximum atomic E-state index is 9.80. The molecule has 1 fully saturated rings. The van der Waals surface area contributed by atoms with Crippen molar-refractivity contribution >= 4 is 11.3 Å². The number of rotatable bonds is 4. The van der Waals surface area contributed by atoms with Gasteiger partial charge < -0.3 is 19.7 Å². The van der Waals surface area contributed by atoms with E-state index in [0.29, 0.717) is 18.8 Å². The van der Waals surface area contributed by atoms with Crippen LogP contribution in [0.2, 0.25) is 0 Å². The predicted octanol–water partition coefficient (Wildman–Crippen LogP) is 1.10. The van der Waals surface area contributed by atoms with E-state index in [1.807, 2.05) is 6.07 Å². The fourth-order valence-electron chi connectivity index (χ4n) is 1.60. The van der Waals surface area contributed by atoms with Crippen LogP contribution in [-0.4, -0.2) is 29.5 Å². The minimum absolute atomic E-state index is 0.0945. The van der Waals surface area contributed by atoms with Crippen LogP contribution in [0.4, 0.5) is 0 Å². The fourth-order valence-corrected chi connectivity index (χ4v) is 2.53. The number of nitriles is 1. The van der Waals surface area contributed by atoms with Crippen molar-refractivity contribution in [3.63, 3.8) is 0 Å². The Morgan fingerprint density at radius 1 is 1.47 bits per heavy atom. The smallest absolute Gasteiger partial charge is 0.193 e. The van der Waals surface area contributed by atoms with Crippen LogP contribution in [0.1, 0.15) is 29.3 Å². The lowest BCUT2D eigenvalue weighted by Crippen LogP contribution is -2.16. The van der Waals surface area contributed by atoms with Crippen molar-refractivity contribution in [2.45, 2.75) is 24.9 Å². The molecule has 0 spiro atoms. The van der Waals surface area contributed by atoms with Crippen LogP contribution in [0.3, 0.4) is 0 Å². The highest BCUT2D eigenvalue weighted by atomic mass is 32.1. The molecule has 0 radical (unpaired) electrons. The van der Waals surface area contributed by atoms with Gasteiger partial charge in [-0.3, -0.25) is 0 Å². The first-order valence-electron chi connectivity index (χ1n) is 5.27. The van der Waals surface area contributed by atoms with E-state index in [9.17, 15) is 10.2 Å². The molecule has 1 aromatic heterocycles. The van der Waals surface area contributed by atoms with Crippen LogP contribution in [-0.2, 0) is 9.47 Å². The van der Waals surface area contributed by atoms with Crippen LogP contribution in [0.25, 0.3) is 0 Å². The molecule has 2 N–H and O–H groups in total. The lowest BCUT2D eigenvalue weighted by atomic mass is 10.1. The molecule has 1 aromatic rings. The second kappa shape index (κ2) is 5.58. The van der Waals surface area contributed by atoms with Gasteiger partial charge in [-0.15, -0.1) is 11.3 Å². The molecule has 92 valence electrons. The Balaban J connectivity index is 2.04. The Morgan fingerprint density at radius 2 is 2.18 bits per heavy atom. The number of thiophene rings is 1. The van der Waals surface area contributed by atoms with Gasteiger partial charge in [0.25, 0.3) is 0 Å².